The van der Waals surface area contributed by atoms with Crippen LogP contribution in [-0.2, 0) is 14.4 Å². The van der Waals surface area contributed by atoms with Crippen LogP contribution >= 0.6 is 0 Å². The molecule has 0 aromatic carbocycles. The van der Waals surface area contributed by atoms with Crippen molar-refractivity contribution in [2.75, 3.05) is 78.5 Å². The van der Waals surface area contributed by atoms with Gasteiger partial charge in [0.05, 0.1) is 25.7 Å². The molecule has 12 heteroatoms. The van der Waals surface area contributed by atoms with E-state index in [1.54, 1.807) is 21.6 Å². The van der Waals surface area contributed by atoms with Gasteiger partial charge in [-0.05, 0) is 6.92 Å². The van der Waals surface area contributed by atoms with Crippen LogP contribution in [0.2, 0.25) is 0 Å². The van der Waals surface area contributed by atoms with Crippen molar-refractivity contribution in [3.63, 3.8) is 0 Å². The third-order valence-corrected chi connectivity index (χ3v) is 4.53. The summed E-state index contributed by atoms with van der Waals surface area (Å²) in [7, 11) is 0. The fourth-order valence-electron chi connectivity index (χ4n) is 3.18. The maximum atomic E-state index is 11.1. The number of hydrogen-bond donors (Lipinski definition) is 4. The molecule has 0 aliphatic carbocycles. The molecule has 11 nitrogen and oxygen atoms in total. The van der Waals surface area contributed by atoms with Gasteiger partial charge in [0, 0.05) is 98.8 Å². The molecule has 1 fully saturated rings. The Morgan fingerprint density at radius 1 is 0.655 bits per heavy atom. The van der Waals surface area contributed by atoms with Gasteiger partial charge in [-0.3, -0.25) is 34.0 Å². The van der Waals surface area contributed by atoms with E-state index < -0.39 is 24.0 Å². The second kappa shape index (κ2) is 15.4. The number of carbonyl (C=O) groups is 3. The summed E-state index contributed by atoms with van der Waals surface area (Å²) in [6, 6.07) is 0. The van der Waals surface area contributed by atoms with Gasteiger partial charge in [-0.25, -0.2) is 0 Å². The molecule has 0 bridgehead atoms. The van der Waals surface area contributed by atoms with Gasteiger partial charge < -0.3 is 20.4 Å². The van der Waals surface area contributed by atoms with Crippen LogP contribution in [0.1, 0.15) is 6.92 Å². The molecule has 170 valence electrons. The van der Waals surface area contributed by atoms with Gasteiger partial charge in [-0.2, -0.15) is 0 Å². The van der Waals surface area contributed by atoms with Gasteiger partial charge in [0.1, 0.15) is 0 Å². The van der Waals surface area contributed by atoms with Crippen molar-refractivity contribution in [3.05, 3.63) is 0 Å². The first-order chi connectivity index (χ1) is 13.2. The average Bonchev–Trinajstić information content (AvgIpc) is 2.55. The number of rotatable bonds is 8. The van der Waals surface area contributed by atoms with E-state index in [1.807, 2.05) is 4.90 Å². The van der Waals surface area contributed by atoms with Crippen molar-refractivity contribution in [2.45, 2.75) is 13.0 Å². The maximum absolute atomic E-state index is 11.1. The van der Waals surface area contributed by atoms with Crippen LogP contribution in [0, 0.1) is 39.9 Å². The Kier molecular flexibility index (Phi) is 15.1. The molecule has 0 radical (unpaired) electrons. The van der Waals surface area contributed by atoms with Gasteiger partial charge in [0.25, 0.3) is 0 Å². The number of β-amino-alcohol motifs (C(OH)–C–C–N with tert-alkyl or cyclic N) is 1. The summed E-state index contributed by atoms with van der Waals surface area (Å²) in [6.07, 6.45) is -0.556. The largest absolute Gasteiger partial charge is 0.480 e. The minimum absolute atomic E-state index is 0. The van der Waals surface area contributed by atoms with Crippen LogP contribution in [0.5, 0.6) is 0 Å². The molecular weight excluding hydrogens is 529 g/mol. The Balaban J connectivity index is 0.00000784. The molecule has 1 aliphatic heterocycles. The number of aliphatic hydroxyl groups is 1. The Bertz CT molecular complexity index is 492. The van der Waals surface area contributed by atoms with Crippen LogP contribution in [0.4, 0.5) is 0 Å². The summed E-state index contributed by atoms with van der Waals surface area (Å²) < 4.78 is 0. The summed E-state index contributed by atoms with van der Waals surface area (Å²) in [6.45, 7) is 5.10. The zero-order chi connectivity index (χ0) is 21.1. The van der Waals surface area contributed by atoms with Crippen molar-refractivity contribution >= 4 is 17.9 Å². The van der Waals surface area contributed by atoms with Gasteiger partial charge in [0.15, 0.2) is 0 Å². The van der Waals surface area contributed by atoms with E-state index in [2.05, 4.69) is 0 Å². The second-order valence-corrected chi connectivity index (χ2v) is 7.16. The number of carboxylic acids is 3. The first kappa shape index (κ1) is 28.5. The minimum Gasteiger partial charge on any atom is -0.480 e. The van der Waals surface area contributed by atoms with Crippen molar-refractivity contribution in [2.24, 2.45) is 0 Å². The van der Waals surface area contributed by atoms with E-state index in [4.69, 9.17) is 15.3 Å². The number of carboxylic acid groups (broad SMARTS) is 3. The molecular formula is C17H32GdN4O7. The molecule has 0 saturated carbocycles. The Morgan fingerprint density at radius 2 is 0.897 bits per heavy atom. The zero-order valence-electron chi connectivity index (χ0n) is 16.7. The van der Waals surface area contributed by atoms with E-state index >= 15 is 0 Å². The monoisotopic (exact) mass is 562 g/mol. The van der Waals surface area contributed by atoms with E-state index in [9.17, 15) is 19.5 Å². The fourth-order valence-corrected chi connectivity index (χ4v) is 3.18. The van der Waals surface area contributed by atoms with Gasteiger partial charge in [-0.15, -0.1) is 0 Å². The fraction of sp³-hybridized carbons (Fsp3) is 0.824. The van der Waals surface area contributed by atoms with Crippen LogP contribution in [0.15, 0.2) is 0 Å². The quantitative estimate of drug-likeness (QED) is 0.257. The van der Waals surface area contributed by atoms with Crippen LogP contribution in [0.3, 0.4) is 0 Å². The summed E-state index contributed by atoms with van der Waals surface area (Å²) in [5, 5.41) is 37.1. The molecule has 1 aliphatic rings. The molecule has 29 heavy (non-hydrogen) atoms. The molecule has 1 saturated heterocycles. The van der Waals surface area contributed by atoms with Gasteiger partial charge in [-0.1, -0.05) is 0 Å². The maximum Gasteiger partial charge on any atom is 0.317 e. The second-order valence-electron chi connectivity index (χ2n) is 7.16. The summed E-state index contributed by atoms with van der Waals surface area (Å²) in [5.74, 6) is -2.89. The predicted octanol–water partition coefficient (Wildman–Crippen LogP) is -2.16. The SMILES string of the molecule is C[C@@H](O)CN1CCN(CC(=O)O)CCN(CC(=O)O)CCN(CC(=O)O)CC1.[Gd]. The number of aliphatic hydroxyl groups excluding tert-OH is 1. The molecule has 0 aromatic rings. The van der Waals surface area contributed by atoms with Gasteiger partial charge >= 0.3 is 17.9 Å². The first-order valence-corrected chi connectivity index (χ1v) is 9.38. The summed E-state index contributed by atoms with van der Waals surface area (Å²) in [5.41, 5.74) is 0. The van der Waals surface area contributed by atoms with Crippen molar-refractivity contribution in [1.29, 1.82) is 0 Å². The van der Waals surface area contributed by atoms with E-state index in [-0.39, 0.29) is 59.6 Å². The van der Waals surface area contributed by atoms with Crippen LogP contribution in [0.25, 0.3) is 0 Å². The third kappa shape index (κ3) is 14.2. The Morgan fingerprint density at radius 3 is 1.10 bits per heavy atom. The van der Waals surface area contributed by atoms with Gasteiger partial charge in [0.2, 0.25) is 0 Å². The van der Waals surface area contributed by atoms with E-state index in [0.29, 0.717) is 58.9 Å². The van der Waals surface area contributed by atoms with Crippen molar-refractivity contribution < 1.29 is 74.8 Å². The van der Waals surface area contributed by atoms with E-state index in [1.165, 1.54) is 0 Å². The Labute approximate surface area is 202 Å². The molecule has 0 unspecified atom stereocenters. The number of hydrogen-bond acceptors (Lipinski definition) is 8. The van der Waals surface area contributed by atoms with E-state index in [0.717, 1.165) is 0 Å². The zero-order valence-corrected chi connectivity index (χ0v) is 19.0. The molecule has 1 rings (SSSR count). The first-order valence-electron chi connectivity index (χ1n) is 9.38. The Hall–Kier alpha value is -0.465. The standard InChI is InChI=1S/C17H32N4O7.Gd/c1-14(22)10-18-2-4-19(11-15(23)24)6-8-21(13-17(27)28)9-7-20(5-3-18)12-16(25)26;/h14,22H,2-13H2,1H3,(H,23,24)(H,25,26)(H,27,28);/t14-;/m1./s1. The molecule has 4 N–H and O–H groups in total. The summed E-state index contributed by atoms with van der Waals surface area (Å²) >= 11 is 0. The molecule has 0 spiro atoms. The summed E-state index contributed by atoms with van der Waals surface area (Å²) in [4.78, 5) is 40.6. The molecule has 1 heterocycles. The third-order valence-electron chi connectivity index (χ3n) is 4.53. The topological polar surface area (TPSA) is 145 Å². The van der Waals surface area contributed by atoms with Crippen molar-refractivity contribution in [1.82, 2.24) is 19.6 Å². The number of aliphatic carboxylic acids is 3. The number of nitrogens with zero attached hydrogens (tertiary/aromatic N) is 4. The van der Waals surface area contributed by atoms with Crippen LogP contribution < -0.4 is 0 Å². The normalized spacial score (nSPS) is 20.1. The smallest absolute Gasteiger partial charge is 0.317 e. The average molecular weight is 562 g/mol. The molecule has 1 atom stereocenters. The van der Waals surface area contributed by atoms with Crippen molar-refractivity contribution in [3.8, 4) is 0 Å². The molecule has 0 amide bonds. The minimum atomic E-state index is -0.982. The predicted molar refractivity (Wildman–Crippen MR) is 100 cm³/mol. The molecule has 0 aromatic heterocycles. The van der Waals surface area contributed by atoms with Crippen LogP contribution in [-0.4, -0.2) is 143 Å².